The molecular weight excluding hydrogens is 468 g/mol. The number of amides is 1. The molecule has 0 aromatic heterocycles. The average molecular weight is 493 g/mol. The van der Waals surface area contributed by atoms with Crippen LogP contribution in [0, 0.1) is 6.92 Å². The number of methoxy groups -OCH3 is 1. The van der Waals surface area contributed by atoms with E-state index in [1.807, 2.05) is 19.1 Å². The van der Waals surface area contributed by atoms with Crippen molar-refractivity contribution in [1.29, 1.82) is 0 Å². The van der Waals surface area contributed by atoms with Gasteiger partial charge in [-0.15, -0.1) is 0 Å². The first-order chi connectivity index (χ1) is 14.3. The second kappa shape index (κ2) is 8.32. The highest BCUT2D eigenvalue weighted by Gasteiger charge is 2.32. The molecule has 0 N–H and O–H groups in total. The first-order valence-electron chi connectivity index (χ1n) is 10.1. The Morgan fingerprint density at radius 2 is 1.80 bits per heavy atom. The Kier molecular flexibility index (Phi) is 5.92. The lowest BCUT2D eigenvalue weighted by Gasteiger charge is -2.32. The van der Waals surface area contributed by atoms with E-state index in [4.69, 9.17) is 4.74 Å². The summed E-state index contributed by atoms with van der Waals surface area (Å²) in [4.78, 5) is 15.5. The molecule has 160 valence electrons. The van der Waals surface area contributed by atoms with Crippen molar-refractivity contribution in [3.63, 3.8) is 0 Å². The van der Waals surface area contributed by atoms with Crippen LogP contribution in [0.5, 0.6) is 5.75 Å². The molecule has 2 aliphatic rings. The average Bonchev–Trinajstić information content (AvgIpc) is 3.29. The molecule has 0 aliphatic carbocycles. The summed E-state index contributed by atoms with van der Waals surface area (Å²) in [5, 5.41) is 0. The van der Waals surface area contributed by atoms with Crippen LogP contribution >= 0.6 is 15.9 Å². The van der Waals surface area contributed by atoms with Gasteiger partial charge in [0.2, 0.25) is 10.0 Å². The normalized spacial score (nSPS) is 17.1. The van der Waals surface area contributed by atoms with Gasteiger partial charge in [0.15, 0.2) is 0 Å². The molecule has 4 rings (SSSR count). The van der Waals surface area contributed by atoms with Gasteiger partial charge in [0.25, 0.3) is 5.91 Å². The van der Waals surface area contributed by atoms with Crippen LogP contribution in [0.3, 0.4) is 0 Å². The van der Waals surface area contributed by atoms with E-state index in [-0.39, 0.29) is 10.8 Å². The summed E-state index contributed by atoms with van der Waals surface area (Å²) in [6.07, 6.45) is 3.46. The Balaban J connectivity index is 1.76. The maximum Gasteiger partial charge on any atom is 0.259 e. The molecule has 1 amide bonds. The van der Waals surface area contributed by atoms with E-state index in [0.29, 0.717) is 35.4 Å². The third-order valence-electron chi connectivity index (χ3n) is 5.89. The molecule has 1 fully saturated rings. The van der Waals surface area contributed by atoms with Crippen molar-refractivity contribution >= 4 is 37.5 Å². The number of fused-ring (bicyclic) bond motifs is 1. The summed E-state index contributed by atoms with van der Waals surface area (Å²) >= 11 is 3.45. The summed E-state index contributed by atoms with van der Waals surface area (Å²) in [7, 11) is -2.01. The number of ether oxygens (including phenoxy) is 1. The van der Waals surface area contributed by atoms with Gasteiger partial charge in [-0.25, -0.2) is 8.42 Å². The van der Waals surface area contributed by atoms with Crippen LogP contribution in [0.1, 0.15) is 40.7 Å². The minimum Gasteiger partial charge on any atom is -0.495 e. The lowest BCUT2D eigenvalue weighted by molar-refractivity contribution is 0.0983. The largest absolute Gasteiger partial charge is 0.495 e. The molecule has 6 nitrogen and oxygen atoms in total. The second-order valence-corrected chi connectivity index (χ2v) is 10.5. The van der Waals surface area contributed by atoms with Crippen LogP contribution < -0.4 is 9.64 Å². The summed E-state index contributed by atoms with van der Waals surface area (Å²) in [5.41, 5.74) is 3.35. The van der Waals surface area contributed by atoms with Crippen LogP contribution in [-0.4, -0.2) is 45.4 Å². The Hall–Kier alpha value is -1.90. The number of nitrogens with zero attached hydrogens (tertiary/aromatic N) is 2. The van der Waals surface area contributed by atoms with Gasteiger partial charge >= 0.3 is 0 Å². The standard InChI is InChI=1S/C22H25BrN2O4S/c1-15-7-10-20(29-2)21-17(15)6-5-13-25(21)22(26)18-14-16(8-9-19(18)23)30(27,28)24-11-3-4-12-24/h7-10,14H,3-6,11-13H2,1-2H3. The second-order valence-electron chi connectivity index (χ2n) is 7.73. The number of hydrogen-bond donors (Lipinski definition) is 0. The van der Waals surface area contributed by atoms with Crippen molar-refractivity contribution in [1.82, 2.24) is 4.31 Å². The summed E-state index contributed by atoms with van der Waals surface area (Å²) in [6.45, 7) is 3.64. The summed E-state index contributed by atoms with van der Waals surface area (Å²) in [5.74, 6) is 0.422. The number of anilines is 1. The van der Waals surface area contributed by atoms with Gasteiger partial charge in [-0.2, -0.15) is 4.31 Å². The van der Waals surface area contributed by atoms with Crippen molar-refractivity contribution in [3.8, 4) is 5.75 Å². The maximum atomic E-state index is 13.6. The Morgan fingerprint density at radius 3 is 2.50 bits per heavy atom. The molecule has 2 heterocycles. The molecule has 0 bridgehead atoms. The zero-order valence-electron chi connectivity index (χ0n) is 17.2. The monoisotopic (exact) mass is 492 g/mol. The van der Waals surface area contributed by atoms with Gasteiger partial charge in [-0.1, -0.05) is 6.07 Å². The molecule has 2 aliphatic heterocycles. The van der Waals surface area contributed by atoms with E-state index in [1.54, 1.807) is 24.1 Å². The minimum atomic E-state index is -3.61. The van der Waals surface area contributed by atoms with Crippen molar-refractivity contribution in [2.45, 2.75) is 37.5 Å². The van der Waals surface area contributed by atoms with Gasteiger partial charge in [0, 0.05) is 24.1 Å². The number of carbonyl (C=O) groups is 1. The van der Waals surface area contributed by atoms with Crippen LogP contribution in [0.25, 0.3) is 0 Å². The molecule has 0 radical (unpaired) electrons. The smallest absolute Gasteiger partial charge is 0.259 e. The van der Waals surface area contributed by atoms with Gasteiger partial charge in [0.05, 0.1) is 23.3 Å². The summed E-state index contributed by atoms with van der Waals surface area (Å²) < 4.78 is 33.6. The van der Waals surface area contributed by atoms with Crippen LogP contribution in [0.4, 0.5) is 5.69 Å². The van der Waals surface area contributed by atoms with Crippen molar-refractivity contribution in [2.24, 2.45) is 0 Å². The zero-order chi connectivity index (χ0) is 21.5. The molecule has 30 heavy (non-hydrogen) atoms. The quantitative estimate of drug-likeness (QED) is 0.642. The third-order valence-corrected chi connectivity index (χ3v) is 8.48. The first-order valence-corrected chi connectivity index (χ1v) is 12.4. The van der Waals surface area contributed by atoms with Gasteiger partial charge < -0.3 is 9.64 Å². The lowest BCUT2D eigenvalue weighted by atomic mass is 9.95. The molecule has 0 unspecified atom stereocenters. The van der Waals surface area contributed by atoms with Crippen molar-refractivity contribution < 1.29 is 17.9 Å². The number of rotatable bonds is 4. The van der Waals surface area contributed by atoms with Crippen molar-refractivity contribution in [3.05, 3.63) is 51.5 Å². The van der Waals surface area contributed by atoms with Gasteiger partial charge in [-0.05, 0) is 83.9 Å². The Labute approximate surface area is 186 Å². The van der Waals surface area contributed by atoms with E-state index in [9.17, 15) is 13.2 Å². The third kappa shape index (κ3) is 3.65. The van der Waals surface area contributed by atoms with E-state index in [1.165, 1.54) is 10.4 Å². The highest BCUT2D eigenvalue weighted by molar-refractivity contribution is 9.10. The molecular formula is C22H25BrN2O4S. The molecule has 0 spiro atoms. The fourth-order valence-electron chi connectivity index (χ4n) is 4.27. The van der Waals surface area contributed by atoms with Gasteiger partial charge in [-0.3, -0.25) is 4.79 Å². The van der Waals surface area contributed by atoms with E-state index < -0.39 is 10.0 Å². The topological polar surface area (TPSA) is 66.9 Å². The predicted molar refractivity (Wildman–Crippen MR) is 120 cm³/mol. The van der Waals surface area contributed by atoms with E-state index in [0.717, 1.165) is 42.5 Å². The minimum absolute atomic E-state index is 0.157. The van der Waals surface area contributed by atoms with Crippen molar-refractivity contribution in [2.75, 3.05) is 31.6 Å². The highest BCUT2D eigenvalue weighted by Crippen LogP contribution is 2.39. The van der Waals surface area contributed by atoms with E-state index >= 15 is 0 Å². The number of aryl methyl sites for hydroxylation is 1. The number of benzene rings is 2. The predicted octanol–water partition coefficient (Wildman–Crippen LogP) is 4.14. The fraction of sp³-hybridized carbons (Fsp3) is 0.409. The fourth-order valence-corrected chi connectivity index (χ4v) is 6.23. The molecule has 2 aromatic carbocycles. The van der Waals surface area contributed by atoms with E-state index in [2.05, 4.69) is 15.9 Å². The number of halogens is 1. The van der Waals surface area contributed by atoms with Crippen LogP contribution in [-0.2, 0) is 16.4 Å². The lowest BCUT2D eigenvalue weighted by Crippen LogP contribution is -2.36. The summed E-state index contributed by atoms with van der Waals surface area (Å²) in [6, 6.07) is 8.59. The first kappa shape index (κ1) is 21.3. The molecule has 0 saturated carbocycles. The Morgan fingerprint density at radius 1 is 1.07 bits per heavy atom. The highest BCUT2D eigenvalue weighted by atomic mass is 79.9. The molecule has 0 atom stereocenters. The van der Waals surface area contributed by atoms with Crippen LogP contribution in [0.2, 0.25) is 0 Å². The SMILES string of the molecule is COc1ccc(C)c2c1N(C(=O)c1cc(S(=O)(=O)N3CCCC3)ccc1Br)CCC2. The number of sulfonamides is 1. The number of hydrogen-bond acceptors (Lipinski definition) is 4. The zero-order valence-corrected chi connectivity index (χ0v) is 19.6. The number of carbonyl (C=O) groups excluding carboxylic acids is 1. The maximum absolute atomic E-state index is 13.6. The molecule has 8 heteroatoms. The molecule has 2 aromatic rings. The van der Waals surface area contributed by atoms with Crippen LogP contribution in [0.15, 0.2) is 39.7 Å². The van der Waals surface area contributed by atoms with Gasteiger partial charge in [0.1, 0.15) is 5.75 Å². The Bertz CT molecular complexity index is 1090. The molecule has 1 saturated heterocycles.